The van der Waals surface area contributed by atoms with Crippen LogP contribution in [-0.2, 0) is 105 Å². The molecule has 0 radical (unpaired) electrons. The highest BCUT2D eigenvalue weighted by atomic mass is 16.2. The monoisotopic (exact) mass is 1630 g/mol. The molecule has 12 saturated carbocycles. The minimum atomic E-state index is -0.580. The predicted molar refractivity (Wildman–Crippen MR) is 416 cm³/mol. The summed E-state index contributed by atoms with van der Waals surface area (Å²) < 4.78 is 0. The Morgan fingerprint density at radius 1 is 0.203 bits per heavy atom. The van der Waals surface area contributed by atoms with Crippen molar-refractivity contribution in [3.63, 3.8) is 0 Å². The minimum Gasteiger partial charge on any atom is -0.299 e. The van der Waals surface area contributed by atoms with Gasteiger partial charge in [-0.25, -0.2) is 0 Å². The summed E-state index contributed by atoms with van der Waals surface area (Å²) in [6.07, 6.45) is 4.68. The van der Waals surface area contributed by atoms with Gasteiger partial charge in [-0.05, 0) is 198 Å². The number of carbonyl (C=O) groups excluding carboxylic acids is 22. The molecule has 18 fully saturated rings. The van der Waals surface area contributed by atoms with Gasteiger partial charge in [0, 0.05) is 150 Å². The third kappa shape index (κ3) is 14.2. The number of nitrogens with zero attached hydrogens (tertiary/aromatic N) is 6. The Bertz CT molecular complexity index is 4590. The van der Waals surface area contributed by atoms with E-state index in [1.54, 1.807) is 20.8 Å². The molecule has 18 rings (SSSR count). The first-order valence-corrected chi connectivity index (χ1v) is 42.1. The third-order valence-electron chi connectivity index (χ3n) is 29.0. The van der Waals surface area contributed by atoms with E-state index in [0.717, 1.165) is 11.1 Å². The van der Waals surface area contributed by atoms with E-state index in [-0.39, 0.29) is 298 Å². The normalized spacial score (nSPS) is 37.7. The van der Waals surface area contributed by atoms with Crippen molar-refractivity contribution in [2.45, 2.75) is 261 Å². The van der Waals surface area contributed by atoms with E-state index in [0.29, 0.717) is 51.4 Å². The number of imide groups is 6. The lowest BCUT2D eigenvalue weighted by molar-refractivity contribution is -0.184. The molecular formula is C90H114N6O22. The van der Waals surface area contributed by atoms with E-state index in [2.05, 4.69) is 13.2 Å². The van der Waals surface area contributed by atoms with E-state index in [1.807, 2.05) is 104 Å². The second-order valence-electron chi connectivity index (χ2n) is 42.8. The average molecular weight is 1630 g/mol. The number of rotatable bonds is 0. The lowest BCUT2D eigenvalue weighted by Gasteiger charge is -2.57. The van der Waals surface area contributed by atoms with Gasteiger partial charge in [-0.1, -0.05) is 24.3 Å². The number of ketones is 10. The van der Waals surface area contributed by atoms with Crippen molar-refractivity contribution in [1.82, 2.24) is 29.4 Å². The number of allylic oxidation sites excluding steroid dienone is 2. The van der Waals surface area contributed by atoms with Crippen molar-refractivity contribution < 1.29 is 105 Å². The zero-order valence-corrected chi connectivity index (χ0v) is 71.2. The van der Waals surface area contributed by atoms with E-state index in [4.69, 9.17) is 0 Å². The SMILES string of the molecule is C=C1CC(=O)C2C(C1)C1C(=O)N(C(C)(C)C)C(=O)C21.C=C1CC(=O)C2C3CC(C(=O)N(C(C)(C)C)C3=O)C2C1.CC(C)(C)N1C(=O)CC2C3C(=O)CC(=O)C3C2C1=O.CC(C)(C)N1C(=O)CC2C3C(=O)CC(=O)CC3C2C1=O.CC(C)(C)N1C(=O)CC2C3CC(=O)CC(=O)C3C2C1=O.CC(C)(C)N1C(=O)CC2C3CC(C(=O)CC3=O)C2C1=O. The third-order valence-corrected chi connectivity index (χ3v) is 29.0. The Morgan fingerprint density at radius 3 is 0.966 bits per heavy atom. The fraction of sp³-hybridized carbons (Fsp3) is 0.711. The largest absolute Gasteiger partial charge is 0.299 e. The van der Waals surface area contributed by atoms with Crippen LogP contribution in [0.2, 0.25) is 0 Å². The van der Waals surface area contributed by atoms with E-state index >= 15 is 0 Å². The molecule has 118 heavy (non-hydrogen) atoms. The molecule has 0 aromatic carbocycles. The highest BCUT2D eigenvalue weighted by Gasteiger charge is 2.71. The molecule has 0 aromatic heterocycles. The molecule has 6 aliphatic heterocycles. The average Bonchev–Trinajstić information content (AvgIpc) is 1.68. The van der Waals surface area contributed by atoms with Crippen molar-refractivity contribution in [1.29, 1.82) is 0 Å². The predicted octanol–water partition coefficient (Wildman–Crippen LogP) is 6.92. The van der Waals surface area contributed by atoms with Gasteiger partial charge >= 0.3 is 0 Å². The number of hydrogen-bond acceptors (Lipinski definition) is 22. The molecule has 12 amide bonds. The first-order chi connectivity index (χ1) is 54.3. The molecule has 28 heteroatoms. The summed E-state index contributed by atoms with van der Waals surface area (Å²) in [5, 5.41) is 0. The van der Waals surface area contributed by atoms with E-state index in [9.17, 15) is 105 Å². The second-order valence-corrected chi connectivity index (χ2v) is 42.8. The quantitative estimate of drug-likeness (QED) is 0.135. The number of amides is 12. The van der Waals surface area contributed by atoms with Crippen LogP contribution in [0.3, 0.4) is 0 Å². The van der Waals surface area contributed by atoms with Gasteiger partial charge < -0.3 is 0 Å². The first kappa shape index (κ1) is 86.9. The Morgan fingerprint density at radius 2 is 0.475 bits per heavy atom. The van der Waals surface area contributed by atoms with Gasteiger partial charge in [0.15, 0.2) is 0 Å². The van der Waals surface area contributed by atoms with Crippen LogP contribution in [0.4, 0.5) is 0 Å². The van der Waals surface area contributed by atoms with Crippen LogP contribution in [0, 0.1) is 142 Å². The highest BCUT2D eigenvalue weighted by Crippen LogP contribution is 2.62. The van der Waals surface area contributed by atoms with Crippen LogP contribution in [-0.4, -0.2) is 191 Å². The zero-order valence-electron chi connectivity index (χ0n) is 71.2. The lowest BCUT2D eigenvalue weighted by atomic mass is 9.49. The lowest BCUT2D eigenvalue weighted by Crippen LogP contribution is -2.67. The van der Waals surface area contributed by atoms with Gasteiger partial charge in [-0.15, -0.1) is 0 Å². The van der Waals surface area contributed by atoms with E-state index in [1.165, 1.54) is 29.4 Å². The number of fused-ring (bicyclic) bond motifs is 26. The summed E-state index contributed by atoms with van der Waals surface area (Å²) in [4.78, 5) is 276. The molecule has 0 aromatic rings. The van der Waals surface area contributed by atoms with Crippen molar-refractivity contribution in [3.05, 3.63) is 24.3 Å². The molecule has 28 nitrogen and oxygen atoms in total. The molecule has 12 aliphatic carbocycles. The molecule has 18 aliphatic rings. The van der Waals surface area contributed by atoms with Crippen molar-refractivity contribution >= 4 is 129 Å². The van der Waals surface area contributed by atoms with Crippen molar-refractivity contribution in [3.8, 4) is 0 Å². The Hall–Kier alpha value is -8.98. The molecular weight excluding hydrogens is 1520 g/mol. The number of Topliss-reactive ketones (excluding diaryl/α,β-unsaturated/α-hetero) is 10. The van der Waals surface area contributed by atoms with Gasteiger partial charge in [0.1, 0.15) is 57.8 Å². The number of likely N-dealkylation sites (tertiary alicyclic amines) is 6. The number of piperidine rings is 5. The van der Waals surface area contributed by atoms with Crippen LogP contribution in [0.15, 0.2) is 24.3 Å². The summed E-state index contributed by atoms with van der Waals surface area (Å²) in [5.74, 6) is -8.92. The molecule has 0 spiro atoms. The van der Waals surface area contributed by atoms with Crippen LogP contribution >= 0.6 is 0 Å². The maximum absolute atomic E-state index is 12.7. The molecule has 6 heterocycles. The zero-order chi connectivity index (χ0) is 87.5. The summed E-state index contributed by atoms with van der Waals surface area (Å²) in [6.45, 7) is 40.8. The number of carbonyl (C=O) groups is 22. The molecule has 24 unspecified atom stereocenters. The van der Waals surface area contributed by atoms with Gasteiger partial charge in [-0.3, -0.25) is 135 Å². The summed E-state index contributed by atoms with van der Waals surface area (Å²) in [5.41, 5.74) is -1.47. The van der Waals surface area contributed by atoms with Gasteiger partial charge in [-0.2, -0.15) is 0 Å². The fourth-order valence-electron chi connectivity index (χ4n) is 24.8. The number of hydrogen-bond donors (Lipinski definition) is 0. The van der Waals surface area contributed by atoms with Crippen LogP contribution < -0.4 is 0 Å². The van der Waals surface area contributed by atoms with Gasteiger partial charge in [0.05, 0.1) is 55.3 Å². The van der Waals surface area contributed by atoms with Crippen LogP contribution in [0.25, 0.3) is 0 Å². The highest BCUT2D eigenvalue weighted by molar-refractivity contribution is 6.16. The van der Waals surface area contributed by atoms with Gasteiger partial charge in [0.25, 0.3) is 0 Å². The molecule has 24 atom stereocenters. The Labute approximate surface area is 687 Å². The standard InChI is InChI=1S/C16H21NO3.3C15H19NO4.C15H19NO3.C14H17NO4/c1-8-5-9-10-7-11(13(9)12(18)6-8)15(20)17(14(10)19)16(2,3)4;1-15(2,3)16-12(19)5-8-7-4-9(13(8)14(16)20)11(18)6-10(7)17;1-15(2,3)16-11(19)6-9-12-8(13(9)14(16)20)4-7(17)5-10(12)18;1-15(2,3)16-11(19)6-9-8-4-7(17)5-10(18)12(8)13(9)14(16)20;1-7-5-8-10(9(17)6-7)12-11(8)13(18)16(14(12)19)15(2,3)4;1-14(2,3)15-9(18)4-6-10-7(16)5-8(17)12(10)11(6)13(15)19/h9-11,13H,1,5-7H2,2-4H3;7-9,13H,4-6H2,1-3H3;2*8-9,12-13H,4-6H2,1-3H3;8,10-12H,1,5-6H2,2-4H3;6,10-12H,4-5H2,1-3H3. The maximum atomic E-state index is 12.7. The maximum Gasteiger partial charge on any atom is 0.234 e. The molecule has 6 saturated heterocycles. The van der Waals surface area contributed by atoms with Crippen LogP contribution in [0.5, 0.6) is 0 Å². The second kappa shape index (κ2) is 29.4. The van der Waals surface area contributed by atoms with Crippen LogP contribution in [0.1, 0.15) is 227 Å². The topological polar surface area (TPSA) is 395 Å². The summed E-state index contributed by atoms with van der Waals surface area (Å²) >= 11 is 0. The molecule has 0 N–H and O–H groups in total. The minimum absolute atomic E-state index is 0.00227. The van der Waals surface area contributed by atoms with Crippen molar-refractivity contribution in [2.24, 2.45) is 142 Å². The summed E-state index contributed by atoms with van der Waals surface area (Å²) in [7, 11) is 0. The Balaban J connectivity index is 0.000000123. The Kier molecular flexibility index (Phi) is 21.7. The van der Waals surface area contributed by atoms with Gasteiger partial charge in [0.2, 0.25) is 70.9 Å². The molecule has 636 valence electrons. The first-order valence-electron chi connectivity index (χ1n) is 42.1. The smallest absolute Gasteiger partial charge is 0.234 e. The molecule has 4 bridgehead atoms. The van der Waals surface area contributed by atoms with E-state index < -0.39 is 56.9 Å². The van der Waals surface area contributed by atoms with Crippen molar-refractivity contribution in [2.75, 3.05) is 0 Å². The fourth-order valence-corrected chi connectivity index (χ4v) is 24.8. The summed E-state index contributed by atoms with van der Waals surface area (Å²) in [6, 6.07) is 0.